The van der Waals surface area contributed by atoms with Crippen LogP contribution < -0.4 is 0 Å². The molecule has 0 aliphatic heterocycles. The van der Waals surface area contributed by atoms with E-state index in [2.05, 4.69) is 15.0 Å². The first-order valence-corrected chi connectivity index (χ1v) is 9.98. The summed E-state index contributed by atoms with van der Waals surface area (Å²) in [5, 5.41) is 11.6. The predicted molar refractivity (Wildman–Crippen MR) is 126 cm³/mol. The maximum Gasteiger partial charge on any atom is 0.199 e. The molecule has 0 amide bonds. The molecule has 0 radical (unpaired) electrons. The summed E-state index contributed by atoms with van der Waals surface area (Å²) >= 11 is 0. The Morgan fingerprint density at radius 2 is 1.65 bits per heavy atom. The predicted octanol–water partition coefficient (Wildman–Crippen LogP) is 5.94. The number of aromatic hydroxyl groups is 1. The van der Waals surface area contributed by atoms with Crippen molar-refractivity contribution in [2.45, 2.75) is 0 Å². The van der Waals surface area contributed by atoms with Gasteiger partial charge in [0.1, 0.15) is 0 Å². The molecule has 3 aromatic carbocycles. The second kappa shape index (κ2) is 8.16. The molecule has 0 saturated heterocycles. The minimum atomic E-state index is 0.114. The Morgan fingerprint density at radius 1 is 0.871 bits per heavy atom. The standard InChI is InChI=1S/C26H20N4O/c31-26-24(22-8-4-5-9-23(22)30-26)25(19-6-2-1-3-7-19)29-20-13-10-18(11-14-20)12-15-21-16-27-17-28-21/h1-17,30-31H,(H,27,28). The molecule has 31 heavy (non-hydrogen) atoms. The van der Waals surface area contributed by atoms with Gasteiger partial charge in [-0.05, 0) is 29.8 Å². The van der Waals surface area contributed by atoms with E-state index >= 15 is 0 Å². The first kappa shape index (κ1) is 18.6. The number of H-pyrrole nitrogens is 2. The van der Waals surface area contributed by atoms with Crippen molar-refractivity contribution in [3.05, 3.63) is 114 Å². The van der Waals surface area contributed by atoms with Crippen LogP contribution in [-0.4, -0.2) is 25.8 Å². The quantitative estimate of drug-likeness (QED) is 0.317. The minimum Gasteiger partial charge on any atom is -0.494 e. The number of hydrogen-bond donors (Lipinski definition) is 3. The number of aliphatic imine (C=N–C) groups is 1. The number of para-hydroxylation sites is 1. The van der Waals surface area contributed by atoms with E-state index in [1.807, 2.05) is 91.0 Å². The smallest absolute Gasteiger partial charge is 0.199 e. The van der Waals surface area contributed by atoms with Gasteiger partial charge >= 0.3 is 0 Å². The van der Waals surface area contributed by atoms with Crippen molar-refractivity contribution in [1.29, 1.82) is 0 Å². The molecular formula is C26H20N4O. The summed E-state index contributed by atoms with van der Waals surface area (Å²) in [5.74, 6) is 0.114. The summed E-state index contributed by atoms with van der Waals surface area (Å²) in [7, 11) is 0. The van der Waals surface area contributed by atoms with Crippen LogP contribution in [0.5, 0.6) is 5.88 Å². The number of nitrogens with one attached hydrogen (secondary N) is 2. The van der Waals surface area contributed by atoms with Gasteiger partial charge in [0, 0.05) is 16.5 Å². The molecular weight excluding hydrogens is 384 g/mol. The van der Waals surface area contributed by atoms with E-state index in [4.69, 9.17) is 4.99 Å². The fourth-order valence-electron chi connectivity index (χ4n) is 3.56. The van der Waals surface area contributed by atoms with E-state index in [9.17, 15) is 5.11 Å². The van der Waals surface area contributed by atoms with Crippen LogP contribution in [0.25, 0.3) is 23.1 Å². The van der Waals surface area contributed by atoms with E-state index in [-0.39, 0.29) is 5.88 Å². The van der Waals surface area contributed by atoms with Crippen LogP contribution >= 0.6 is 0 Å². The number of fused-ring (bicyclic) bond motifs is 1. The zero-order valence-corrected chi connectivity index (χ0v) is 16.7. The maximum atomic E-state index is 10.7. The van der Waals surface area contributed by atoms with Crippen molar-refractivity contribution in [3.63, 3.8) is 0 Å². The first-order valence-electron chi connectivity index (χ1n) is 9.98. The molecule has 0 atom stereocenters. The fraction of sp³-hybridized carbons (Fsp3) is 0. The van der Waals surface area contributed by atoms with Crippen molar-refractivity contribution >= 4 is 34.5 Å². The summed E-state index contributed by atoms with van der Waals surface area (Å²) < 4.78 is 0. The molecule has 2 aromatic heterocycles. The third-order valence-electron chi connectivity index (χ3n) is 5.08. The van der Waals surface area contributed by atoms with Crippen molar-refractivity contribution in [3.8, 4) is 5.88 Å². The van der Waals surface area contributed by atoms with Gasteiger partial charge in [0.25, 0.3) is 0 Å². The number of nitrogens with zero attached hydrogens (tertiary/aromatic N) is 2. The maximum absolute atomic E-state index is 10.7. The highest BCUT2D eigenvalue weighted by Gasteiger charge is 2.18. The van der Waals surface area contributed by atoms with Crippen LogP contribution in [0.4, 0.5) is 5.69 Å². The lowest BCUT2D eigenvalue weighted by molar-refractivity contribution is 0.457. The van der Waals surface area contributed by atoms with Gasteiger partial charge in [0.2, 0.25) is 0 Å². The normalized spacial score (nSPS) is 12.1. The van der Waals surface area contributed by atoms with Crippen LogP contribution in [0.2, 0.25) is 0 Å². The Hall–Kier alpha value is -4.38. The van der Waals surface area contributed by atoms with Crippen molar-refractivity contribution < 1.29 is 5.11 Å². The molecule has 0 saturated carbocycles. The molecule has 0 unspecified atom stereocenters. The van der Waals surface area contributed by atoms with Crippen molar-refractivity contribution in [2.24, 2.45) is 4.99 Å². The molecule has 5 heteroatoms. The summed E-state index contributed by atoms with van der Waals surface area (Å²) in [6.07, 6.45) is 7.42. The number of hydrogen-bond acceptors (Lipinski definition) is 3. The third-order valence-corrected chi connectivity index (χ3v) is 5.08. The lowest BCUT2D eigenvalue weighted by atomic mass is 10.0. The van der Waals surface area contributed by atoms with Gasteiger partial charge in [-0.15, -0.1) is 0 Å². The Kier molecular flexibility index (Phi) is 4.91. The summed E-state index contributed by atoms with van der Waals surface area (Å²) in [6.45, 7) is 0. The number of imidazole rings is 1. The third kappa shape index (κ3) is 3.89. The molecule has 0 aliphatic rings. The van der Waals surface area contributed by atoms with E-state index in [0.717, 1.165) is 39.1 Å². The highest BCUT2D eigenvalue weighted by atomic mass is 16.3. The summed E-state index contributed by atoms with van der Waals surface area (Å²) in [5.41, 5.74) is 6.04. The van der Waals surface area contributed by atoms with Crippen LogP contribution in [0.1, 0.15) is 22.4 Å². The second-order valence-corrected chi connectivity index (χ2v) is 7.15. The molecule has 3 N–H and O–H groups in total. The van der Waals surface area contributed by atoms with Crippen molar-refractivity contribution in [2.75, 3.05) is 0 Å². The molecule has 5 nitrogen and oxygen atoms in total. The molecule has 150 valence electrons. The summed E-state index contributed by atoms with van der Waals surface area (Å²) in [6, 6.07) is 25.7. The average molecular weight is 404 g/mol. The largest absolute Gasteiger partial charge is 0.494 e. The zero-order chi connectivity index (χ0) is 21.0. The molecule has 0 fully saturated rings. The van der Waals surface area contributed by atoms with E-state index in [1.54, 1.807) is 12.5 Å². The van der Waals surface area contributed by atoms with Crippen molar-refractivity contribution in [1.82, 2.24) is 15.0 Å². The Balaban J connectivity index is 1.57. The van der Waals surface area contributed by atoms with E-state index in [0.29, 0.717) is 5.56 Å². The molecule has 5 rings (SSSR count). The average Bonchev–Trinajstić information content (AvgIpc) is 3.45. The SMILES string of the molecule is Oc1[nH]c2ccccc2c1C(=Nc1ccc(C=Cc2cnc[nH]2)cc1)c1ccccc1. The number of benzene rings is 3. The lowest BCUT2D eigenvalue weighted by Gasteiger charge is -2.08. The topological polar surface area (TPSA) is 77.1 Å². The molecule has 2 heterocycles. The van der Waals surface area contributed by atoms with E-state index < -0.39 is 0 Å². The van der Waals surface area contributed by atoms with E-state index in [1.165, 1.54) is 0 Å². The van der Waals surface area contributed by atoms with Gasteiger partial charge in [-0.1, -0.05) is 66.7 Å². The van der Waals surface area contributed by atoms with Gasteiger partial charge in [-0.25, -0.2) is 9.98 Å². The van der Waals surface area contributed by atoms with Gasteiger partial charge in [0.15, 0.2) is 5.88 Å². The lowest BCUT2D eigenvalue weighted by Crippen LogP contribution is -2.02. The van der Waals surface area contributed by atoms with Crippen LogP contribution in [0.3, 0.4) is 0 Å². The Labute approximate surface area is 179 Å². The number of aromatic amines is 2. The monoisotopic (exact) mass is 404 g/mol. The fourth-order valence-corrected chi connectivity index (χ4v) is 3.56. The second-order valence-electron chi connectivity index (χ2n) is 7.15. The Morgan fingerprint density at radius 3 is 2.42 bits per heavy atom. The molecule has 5 aromatic rings. The Bertz CT molecular complexity index is 1360. The van der Waals surface area contributed by atoms with Gasteiger partial charge in [0.05, 0.1) is 35.2 Å². The summed E-state index contributed by atoms with van der Waals surface area (Å²) in [4.78, 5) is 15.1. The van der Waals surface area contributed by atoms with Crippen LogP contribution in [0.15, 0.2) is 96.4 Å². The zero-order valence-electron chi connectivity index (χ0n) is 16.7. The minimum absolute atomic E-state index is 0.114. The highest BCUT2D eigenvalue weighted by molar-refractivity contribution is 6.21. The molecule has 0 bridgehead atoms. The van der Waals surface area contributed by atoms with Crippen LogP contribution in [0, 0.1) is 0 Å². The van der Waals surface area contributed by atoms with Gasteiger partial charge in [-0.3, -0.25) is 0 Å². The first-order chi connectivity index (χ1) is 15.3. The van der Waals surface area contributed by atoms with Gasteiger partial charge < -0.3 is 15.1 Å². The molecule has 0 aliphatic carbocycles. The van der Waals surface area contributed by atoms with Gasteiger partial charge in [-0.2, -0.15) is 0 Å². The molecule has 0 spiro atoms. The highest BCUT2D eigenvalue weighted by Crippen LogP contribution is 2.31. The van der Waals surface area contributed by atoms with Crippen LogP contribution in [-0.2, 0) is 0 Å². The number of aromatic nitrogens is 3. The number of rotatable bonds is 5.